The summed E-state index contributed by atoms with van der Waals surface area (Å²) in [5.74, 6) is 0.114. The van der Waals surface area contributed by atoms with Gasteiger partial charge in [0.05, 0.1) is 12.2 Å². The van der Waals surface area contributed by atoms with E-state index in [1.165, 1.54) is 0 Å². The second-order valence-corrected chi connectivity index (χ2v) is 5.34. The number of carbonyl (C=O) groups is 1. The summed E-state index contributed by atoms with van der Waals surface area (Å²) in [7, 11) is 0. The van der Waals surface area contributed by atoms with Crippen LogP contribution in [0.25, 0.3) is 0 Å². The Bertz CT molecular complexity index is 212. The minimum absolute atomic E-state index is 0.0877. The summed E-state index contributed by atoms with van der Waals surface area (Å²) >= 11 is 0. The number of carbonyl (C=O) groups excluding carboxylic acids is 1. The van der Waals surface area contributed by atoms with E-state index in [0.717, 1.165) is 13.0 Å². The predicted molar refractivity (Wildman–Crippen MR) is 71.1 cm³/mol. The summed E-state index contributed by atoms with van der Waals surface area (Å²) in [5, 5.41) is 6.13. The number of hydrogen-bond donors (Lipinski definition) is 2. The molecular formula is C13H28N2O2. The van der Waals surface area contributed by atoms with Crippen molar-refractivity contribution in [2.24, 2.45) is 0 Å². The third-order valence-corrected chi connectivity index (χ3v) is 2.36. The molecule has 0 radical (unpaired) electrons. The molecule has 1 unspecified atom stereocenters. The number of rotatable bonds is 8. The van der Waals surface area contributed by atoms with Gasteiger partial charge < -0.3 is 15.4 Å². The second-order valence-electron chi connectivity index (χ2n) is 5.34. The first-order valence-corrected chi connectivity index (χ1v) is 6.49. The molecule has 0 saturated carbocycles. The Kier molecular flexibility index (Phi) is 8.17. The highest BCUT2D eigenvalue weighted by molar-refractivity contribution is 5.76. The van der Waals surface area contributed by atoms with Gasteiger partial charge in [-0.2, -0.15) is 0 Å². The van der Waals surface area contributed by atoms with Gasteiger partial charge in [0.1, 0.15) is 0 Å². The lowest BCUT2D eigenvalue weighted by molar-refractivity contribution is -0.121. The first-order chi connectivity index (χ1) is 7.85. The summed E-state index contributed by atoms with van der Waals surface area (Å²) < 4.78 is 5.56. The van der Waals surface area contributed by atoms with Crippen molar-refractivity contribution in [3.8, 4) is 0 Å². The van der Waals surface area contributed by atoms with Crippen molar-refractivity contribution in [1.82, 2.24) is 10.6 Å². The van der Waals surface area contributed by atoms with Gasteiger partial charge in [-0.05, 0) is 34.1 Å². The normalized spacial score (nSPS) is 13.5. The highest BCUT2D eigenvalue weighted by Gasteiger charge is 2.09. The van der Waals surface area contributed by atoms with Crippen molar-refractivity contribution in [1.29, 1.82) is 0 Å². The average Bonchev–Trinajstić information content (AvgIpc) is 2.21. The van der Waals surface area contributed by atoms with Crippen LogP contribution in [0.5, 0.6) is 0 Å². The highest BCUT2D eigenvalue weighted by atomic mass is 16.5. The van der Waals surface area contributed by atoms with Gasteiger partial charge in [-0.1, -0.05) is 6.92 Å². The molecule has 1 atom stereocenters. The van der Waals surface area contributed by atoms with Crippen LogP contribution in [-0.4, -0.2) is 37.2 Å². The maximum Gasteiger partial charge on any atom is 0.221 e. The van der Waals surface area contributed by atoms with Crippen LogP contribution >= 0.6 is 0 Å². The molecule has 0 aromatic heterocycles. The van der Waals surface area contributed by atoms with E-state index in [9.17, 15) is 4.79 Å². The van der Waals surface area contributed by atoms with Crippen molar-refractivity contribution in [3.63, 3.8) is 0 Å². The van der Waals surface area contributed by atoms with Gasteiger partial charge >= 0.3 is 0 Å². The molecule has 4 nitrogen and oxygen atoms in total. The molecule has 0 fully saturated rings. The number of nitrogens with one attached hydrogen (secondary N) is 2. The smallest absolute Gasteiger partial charge is 0.221 e. The van der Waals surface area contributed by atoms with Crippen LogP contribution in [0.4, 0.5) is 0 Å². The second kappa shape index (κ2) is 8.48. The third-order valence-electron chi connectivity index (χ3n) is 2.36. The molecule has 0 aromatic rings. The molecule has 0 spiro atoms. The zero-order valence-electron chi connectivity index (χ0n) is 11.9. The van der Waals surface area contributed by atoms with Crippen molar-refractivity contribution in [2.45, 2.75) is 59.1 Å². The molecule has 2 N–H and O–H groups in total. The summed E-state index contributed by atoms with van der Waals surface area (Å²) in [4.78, 5) is 11.4. The van der Waals surface area contributed by atoms with Crippen molar-refractivity contribution in [3.05, 3.63) is 0 Å². The van der Waals surface area contributed by atoms with Crippen LogP contribution in [0.3, 0.4) is 0 Å². The molecule has 0 aliphatic rings. The Morgan fingerprint density at radius 3 is 2.47 bits per heavy atom. The van der Waals surface area contributed by atoms with Crippen molar-refractivity contribution < 1.29 is 9.53 Å². The van der Waals surface area contributed by atoms with E-state index in [1.54, 1.807) is 0 Å². The molecular weight excluding hydrogens is 216 g/mol. The number of amides is 1. The van der Waals surface area contributed by atoms with E-state index in [-0.39, 0.29) is 17.6 Å². The first-order valence-electron chi connectivity index (χ1n) is 6.49. The molecule has 0 saturated heterocycles. The van der Waals surface area contributed by atoms with E-state index < -0.39 is 0 Å². The Hall–Kier alpha value is -0.610. The molecule has 0 aromatic carbocycles. The standard InChI is InChI=1S/C13H28N2O2/c1-6-11(2)15-12(16)7-8-14-9-10-17-13(3,4)5/h11,14H,6-10H2,1-5H3,(H,15,16). The van der Waals surface area contributed by atoms with Crippen LogP contribution in [0.15, 0.2) is 0 Å². The molecule has 0 aliphatic carbocycles. The van der Waals surface area contributed by atoms with E-state index in [2.05, 4.69) is 17.6 Å². The van der Waals surface area contributed by atoms with E-state index in [0.29, 0.717) is 19.6 Å². The van der Waals surface area contributed by atoms with Gasteiger partial charge in [-0.25, -0.2) is 0 Å². The average molecular weight is 244 g/mol. The zero-order chi connectivity index (χ0) is 13.3. The molecule has 0 rings (SSSR count). The largest absolute Gasteiger partial charge is 0.375 e. The third kappa shape index (κ3) is 11.6. The molecule has 0 aliphatic heterocycles. The fraction of sp³-hybridized carbons (Fsp3) is 0.923. The zero-order valence-corrected chi connectivity index (χ0v) is 11.9. The topological polar surface area (TPSA) is 50.4 Å². The summed E-state index contributed by atoms with van der Waals surface area (Å²) in [6.45, 7) is 12.3. The van der Waals surface area contributed by atoms with Crippen LogP contribution in [0.1, 0.15) is 47.5 Å². The summed E-state index contributed by atoms with van der Waals surface area (Å²) in [6.07, 6.45) is 1.50. The predicted octanol–water partition coefficient (Wildman–Crippen LogP) is 1.70. The maximum absolute atomic E-state index is 11.4. The van der Waals surface area contributed by atoms with Crippen molar-refractivity contribution in [2.75, 3.05) is 19.7 Å². The van der Waals surface area contributed by atoms with Crippen LogP contribution in [-0.2, 0) is 9.53 Å². The SMILES string of the molecule is CCC(C)NC(=O)CCNCCOC(C)(C)C. The highest BCUT2D eigenvalue weighted by Crippen LogP contribution is 2.04. The summed E-state index contributed by atoms with van der Waals surface area (Å²) in [5.41, 5.74) is -0.0877. The van der Waals surface area contributed by atoms with Crippen LogP contribution in [0, 0.1) is 0 Å². The van der Waals surface area contributed by atoms with E-state index in [1.807, 2.05) is 27.7 Å². The lowest BCUT2D eigenvalue weighted by Crippen LogP contribution is -2.34. The van der Waals surface area contributed by atoms with Gasteiger partial charge in [-0.3, -0.25) is 4.79 Å². The van der Waals surface area contributed by atoms with Gasteiger partial charge in [0, 0.05) is 25.6 Å². The fourth-order valence-corrected chi connectivity index (χ4v) is 1.21. The first kappa shape index (κ1) is 16.4. The fourth-order valence-electron chi connectivity index (χ4n) is 1.21. The minimum atomic E-state index is -0.0877. The van der Waals surface area contributed by atoms with Crippen molar-refractivity contribution >= 4 is 5.91 Å². The number of ether oxygens (including phenoxy) is 1. The number of hydrogen-bond acceptors (Lipinski definition) is 3. The molecule has 102 valence electrons. The Balaban J connectivity index is 3.37. The molecule has 1 amide bonds. The van der Waals surface area contributed by atoms with Gasteiger partial charge in [-0.15, -0.1) is 0 Å². The van der Waals surface area contributed by atoms with E-state index in [4.69, 9.17) is 4.74 Å². The Labute approximate surface area is 105 Å². The monoisotopic (exact) mass is 244 g/mol. The van der Waals surface area contributed by atoms with E-state index >= 15 is 0 Å². The van der Waals surface area contributed by atoms with Crippen LogP contribution < -0.4 is 10.6 Å². The summed E-state index contributed by atoms with van der Waals surface area (Å²) in [6, 6.07) is 0.270. The molecule has 17 heavy (non-hydrogen) atoms. The lowest BCUT2D eigenvalue weighted by Gasteiger charge is -2.19. The molecule has 0 bridgehead atoms. The maximum atomic E-state index is 11.4. The Morgan fingerprint density at radius 1 is 1.29 bits per heavy atom. The quantitative estimate of drug-likeness (QED) is 0.639. The van der Waals surface area contributed by atoms with Gasteiger partial charge in [0.2, 0.25) is 5.91 Å². The van der Waals surface area contributed by atoms with Gasteiger partial charge in [0.15, 0.2) is 0 Å². The van der Waals surface area contributed by atoms with Gasteiger partial charge in [0.25, 0.3) is 0 Å². The minimum Gasteiger partial charge on any atom is -0.375 e. The lowest BCUT2D eigenvalue weighted by atomic mass is 10.2. The molecule has 0 heterocycles. The Morgan fingerprint density at radius 2 is 1.94 bits per heavy atom. The molecule has 4 heteroatoms. The van der Waals surface area contributed by atoms with Crippen LogP contribution in [0.2, 0.25) is 0 Å².